The molecule has 1 N–H and O–H groups in total. The van der Waals surface area contributed by atoms with Crippen LogP contribution in [0, 0.1) is 6.92 Å². The molecule has 0 unspecified atom stereocenters. The summed E-state index contributed by atoms with van der Waals surface area (Å²) in [7, 11) is 0. The number of carbonyl (C=O) groups is 2. The second kappa shape index (κ2) is 7.89. The van der Waals surface area contributed by atoms with Crippen molar-refractivity contribution in [1.82, 2.24) is 4.90 Å². The third kappa shape index (κ3) is 5.21. The van der Waals surface area contributed by atoms with E-state index in [4.69, 9.17) is 9.84 Å². The number of carbonyl (C=O) groups excluding carboxylic acids is 1. The van der Waals surface area contributed by atoms with Crippen LogP contribution in [0.2, 0.25) is 0 Å². The molecule has 20 heavy (non-hydrogen) atoms. The molecule has 5 nitrogen and oxygen atoms in total. The Morgan fingerprint density at radius 3 is 2.65 bits per heavy atom. The number of likely N-dealkylation sites (N-methyl/N-ethyl adjacent to an activating group) is 1. The summed E-state index contributed by atoms with van der Waals surface area (Å²) in [6.07, 6.45) is -0.0617. The average molecular weight is 344 g/mol. The van der Waals surface area contributed by atoms with Gasteiger partial charge < -0.3 is 14.7 Å². The van der Waals surface area contributed by atoms with Gasteiger partial charge in [0.25, 0.3) is 5.91 Å². The highest BCUT2D eigenvalue weighted by Crippen LogP contribution is 2.25. The molecule has 0 saturated heterocycles. The Balaban J connectivity index is 2.54. The van der Waals surface area contributed by atoms with Gasteiger partial charge in [-0.25, -0.2) is 0 Å². The Morgan fingerprint density at radius 2 is 2.10 bits per heavy atom. The second-order valence-corrected chi connectivity index (χ2v) is 5.19. The molecule has 0 fully saturated rings. The summed E-state index contributed by atoms with van der Waals surface area (Å²) < 4.78 is 6.25. The third-order valence-corrected chi connectivity index (χ3v) is 3.39. The summed E-state index contributed by atoms with van der Waals surface area (Å²) in [4.78, 5) is 23.9. The molecule has 6 heteroatoms. The summed E-state index contributed by atoms with van der Waals surface area (Å²) in [6.45, 7) is 4.33. The first-order chi connectivity index (χ1) is 9.43. The molecule has 0 aliphatic carbocycles. The summed E-state index contributed by atoms with van der Waals surface area (Å²) in [5.41, 5.74) is 1.09. The van der Waals surface area contributed by atoms with Crippen molar-refractivity contribution in [3.63, 3.8) is 0 Å². The van der Waals surface area contributed by atoms with Gasteiger partial charge in [0.15, 0.2) is 6.61 Å². The maximum Gasteiger partial charge on any atom is 0.305 e. The highest BCUT2D eigenvalue weighted by atomic mass is 79.9. The van der Waals surface area contributed by atoms with Gasteiger partial charge in [-0.05, 0) is 47.5 Å². The van der Waals surface area contributed by atoms with Crippen molar-refractivity contribution in [2.45, 2.75) is 20.3 Å². The fourth-order valence-electron chi connectivity index (χ4n) is 1.64. The molecule has 0 aromatic heterocycles. The Labute approximate surface area is 126 Å². The molecule has 1 aromatic carbocycles. The largest absolute Gasteiger partial charge is 0.483 e. The van der Waals surface area contributed by atoms with Crippen molar-refractivity contribution in [2.24, 2.45) is 0 Å². The van der Waals surface area contributed by atoms with Crippen molar-refractivity contribution >= 4 is 27.8 Å². The molecule has 110 valence electrons. The molecule has 0 bridgehead atoms. The average Bonchev–Trinajstić information content (AvgIpc) is 2.38. The van der Waals surface area contributed by atoms with Crippen molar-refractivity contribution in [3.8, 4) is 5.75 Å². The maximum absolute atomic E-state index is 11.9. The lowest BCUT2D eigenvalue weighted by Gasteiger charge is -2.20. The minimum absolute atomic E-state index is 0.0617. The monoisotopic (exact) mass is 343 g/mol. The van der Waals surface area contributed by atoms with E-state index < -0.39 is 5.97 Å². The van der Waals surface area contributed by atoms with E-state index in [1.165, 1.54) is 4.90 Å². The summed E-state index contributed by atoms with van der Waals surface area (Å²) in [5.74, 6) is -0.544. The number of halogens is 1. The zero-order valence-electron chi connectivity index (χ0n) is 11.6. The number of nitrogens with zero attached hydrogens (tertiary/aromatic N) is 1. The van der Waals surface area contributed by atoms with Crippen molar-refractivity contribution in [1.29, 1.82) is 0 Å². The predicted molar refractivity (Wildman–Crippen MR) is 78.9 cm³/mol. The molecule has 1 aromatic rings. The van der Waals surface area contributed by atoms with Crippen LogP contribution < -0.4 is 4.74 Å². The number of hydrogen-bond donors (Lipinski definition) is 1. The number of carboxylic acids is 1. The Kier molecular flexibility index (Phi) is 6.51. The van der Waals surface area contributed by atoms with Crippen molar-refractivity contribution in [3.05, 3.63) is 28.2 Å². The molecule has 0 heterocycles. The van der Waals surface area contributed by atoms with E-state index in [0.29, 0.717) is 12.3 Å². The van der Waals surface area contributed by atoms with E-state index in [0.717, 1.165) is 10.0 Å². The standard InChI is InChI=1S/C14H18BrNO4/c1-3-16(7-6-14(18)19)13(17)9-20-12-5-4-10(2)8-11(12)15/h4-5,8H,3,6-7,9H2,1-2H3,(H,18,19). The summed E-state index contributed by atoms with van der Waals surface area (Å²) in [6, 6.07) is 5.59. The minimum atomic E-state index is -0.918. The van der Waals surface area contributed by atoms with Crippen LogP contribution in [0.15, 0.2) is 22.7 Å². The van der Waals surface area contributed by atoms with Gasteiger partial charge in [0.05, 0.1) is 10.9 Å². The Bertz CT molecular complexity index is 490. The fourth-order valence-corrected chi connectivity index (χ4v) is 2.25. The van der Waals surface area contributed by atoms with E-state index in [9.17, 15) is 9.59 Å². The summed E-state index contributed by atoms with van der Waals surface area (Å²) >= 11 is 3.37. The van der Waals surface area contributed by atoms with Crippen LogP contribution in [-0.2, 0) is 9.59 Å². The van der Waals surface area contributed by atoms with E-state index in [1.54, 1.807) is 6.07 Å². The van der Waals surface area contributed by atoms with E-state index in [-0.39, 0.29) is 25.5 Å². The van der Waals surface area contributed by atoms with Crippen molar-refractivity contribution in [2.75, 3.05) is 19.7 Å². The normalized spacial score (nSPS) is 10.2. The van der Waals surface area contributed by atoms with Crippen LogP contribution in [0.4, 0.5) is 0 Å². The van der Waals surface area contributed by atoms with E-state index in [1.807, 2.05) is 26.0 Å². The third-order valence-electron chi connectivity index (χ3n) is 2.77. The van der Waals surface area contributed by atoms with Gasteiger partial charge in [0.1, 0.15) is 5.75 Å². The lowest BCUT2D eigenvalue weighted by molar-refractivity contribution is -0.139. The topological polar surface area (TPSA) is 66.8 Å². The van der Waals surface area contributed by atoms with Crippen LogP contribution >= 0.6 is 15.9 Å². The zero-order chi connectivity index (χ0) is 15.1. The summed E-state index contributed by atoms with van der Waals surface area (Å²) in [5, 5.41) is 8.63. The molecule has 0 radical (unpaired) electrons. The molecule has 0 saturated carbocycles. The number of benzene rings is 1. The Hall–Kier alpha value is -1.56. The molecular formula is C14H18BrNO4. The van der Waals surface area contributed by atoms with Gasteiger partial charge in [-0.2, -0.15) is 0 Å². The van der Waals surface area contributed by atoms with Crippen LogP contribution in [0.5, 0.6) is 5.75 Å². The van der Waals surface area contributed by atoms with Gasteiger partial charge in [0, 0.05) is 13.1 Å². The SMILES string of the molecule is CCN(CCC(=O)O)C(=O)COc1ccc(C)cc1Br. The van der Waals surface area contributed by atoms with Gasteiger partial charge in [-0.15, -0.1) is 0 Å². The molecule has 1 rings (SSSR count). The number of carboxylic acid groups (broad SMARTS) is 1. The van der Waals surface area contributed by atoms with Crippen LogP contribution in [0.3, 0.4) is 0 Å². The Morgan fingerprint density at radius 1 is 1.40 bits per heavy atom. The van der Waals surface area contributed by atoms with Gasteiger partial charge in [-0.1, -0.05) is 6.07 Å². The lowest BCUT2D eigenvalue weighted by Crippen LogP contribution is -2.36. The van der Waals surface area contributed by atoms with Gasteiger partial charge in [-0.3, -0.25) is 9.59 Å². The smallest absolute Gasteiger partial charge is 0.305 e. The molecular weight excluding hydrogens is 326 g/mol. The van der Waals surface area contributed by atoms with Crippen molar-refractivity contribution < 1.29 is 19.4 Å². The number of rotatable bonds is 7. The number of aliphatic carboxylic acids is 1. The zero-order valence-corrected chi connectivity index (χ0v) is 13.1. The minimum Gasteiger partial charge on any atom is -0.483 e. The first-order valence-electron chi connectivity index (χ1n) is 6.32. The first-order valence-corrected chi connectivity index (χ1v) is 7.11. The number of aryl methyl sites for hydroxylation is 1. The quantitative estimate of drug-likeness (QED) is 0.825. The maximum atomic E-state index is 11.9. The van der Waals surface area contributed by atoms with Gasteiger partial charge >= 0.3 is 5.97 Å². The molecule has 0 atom stereocenters. The van der Waals surface area contributed by atoms with E-state index >= 15 is 0 Å². The first kappa shape index (κ1) is 16.5. The molecule has 0 spiro atoms. The number of hydrogen-bond acceptors (Lipinski definition) is 3. The molecule has 0 aliphatic rings. The molecule has 1 amide bonds. The lowest BCUT2D eigenvalue weighted by atomic mass is 10.2. The predicted octanol–water partition coefficient (Wildman–Crippen LogP) is 2.46. The van der Waals surface area contributed by atoms with Crippen LogP contribution in [0.25, 0.3) is 0 Å². The molecule has 0 aliphatic heterocycles. The van der Waals surface area contributed by atoms with Crippen LogP contribution in [0.1, 0.15) is 18.9 Å². The highest BCUT2D eigenvalue weighted by molar-refractivity contribution is 9.10. The van der Waals surface area contributed by atoms with Gasteiger partial charge in [0.2, 0.25) is 0 Å². The highest BCUT2D eigenvalue weighted by Gasteiger charge is 2.14. The number of amides is 1. The van der Waals surface area contributed by atoms with Crippen LogP contribution in [-0.4, -0.2) is 41.6 Å². The number of ether oxygens (including phenoxy) is 1. The van der Waals surface area contributed by atoms with E-state index in [2.05, 4.69) is 15.9 Å². The fraction of sp³-hybridized carbons (Fsp3) is 0.429. The second-order valence-electron chi connectivity index (χ2n) is 4.34.